The van der Waals surface area contributed by atoms with Crippen LogP contribution in [-0.2, 0) is 0 Å². The number of benzene rings is 2. The second-order valence-corrected chi connectivity index (χ2v) is 8.28. The fourth-order valence-electron chi connectivity index (χ4n) is 4.23. The molecule has 1 aromatic heterocycles. The molecule has 1 aliphatic carbocycles. The number of nitrogens with one attached hydrogen (secondary N) is 3. The van der Waals surface area contributed by atoms with Crippen LogP contribution < -0.4 is 20.7 Å². The molecular weight excluding hydrogens is 483 g/mol. The Hall–Kier alpha value is -3.27. The maximum Gasteiger partial charge on any atom is 0.573 e. The topological polar surface area (TPSA) is 88.2 Å². The molecule has 0 aliphatic heterocycles. The lowest BCUT2D eigenvalue weighted by atomic mass is 9.86. The zero-order valence-corrected chi connectivity index (χ0v) is 19.9. The zero-order chi connectivity index (χ0) is 24.1. The van der Waals surface area contributed by atoms with E-state index in [4.69, 9.17) is 0 Å². The van der Waals surface area contributed by atoms with Gasteiger partial charge in [0.25, 0.3) is 5.91 Å². The number of anilines is 2. The Balaban J connectivity index is 0.00000342. The number of ether oxygens (including phenoxy) is 1. The number of nitrogens with zero attached hydrogens (tertiary/aromatic N) is 2. The number of hydrogen-bond donors (Lipinski definition) is 3. The van der Waals surface area contributed by atoms with E-state index < -0.39 is 18.0 Å². The van der Waals surface area contributed by atoms with Gasteiger partial charge in [-0.15, -0.1) is 25.6 Å². The number of aromatic nitrogens is 2. The van der Waals surface area contributed by atoms with Gasteiger partial charge in [0.1, 0.15) is 11.6 Å². The molecule has 0 bridgehead atoms. The van der Waals surface area contributed by atoms with Crippen LogP contribution >= 0.6 is 12.4 Å². The maximum absolute atomic E-state index is 12.6. The summed E-state index contributed by atoms with van der Waals surface area (Å²) in [5.41, 5.74) is 0.722. The molecule has 1 saturated carbocycles. The van der Waals surface area contributed by atoms with Gasteiger partial charge in [-0.2, -0.15) is 4.98 Å². The number of rotatable bonds is 7. The van der Waals surface area contributed by atoms with Gasteiger partial charge in [-0.25, -0.2) is 4.98 Å². The van der Waals surface area contributed by atoms with Gasteiger partial charge < -0.3 is 20.7 Å². The standard InChI is InChI=1S/C24H26F3N5O2.ClH/c1-28-21-17-6-2-4-8-19(17)31-23(32-21)30-16-12-10-15(11-13-16)14-29-22(33)18-7-3-5-9-20(18)34-24(25,26)27;/h2-9,15-16H,10-14H2,1H3,(H,29,33)(H2,28,30,31,32);1H/t15-,16+;. The lowest BCUT2D eigenvalue weighted by Gasteiger charge is -2.29. The van der Waals surface area contributed by atoms with E-state index in [1.165, 1.54) is 18.2 Å². The Morgan fingerprint density at radius 1 is 1.03 bits per heavy atom. The minimum atomic E-state index is -4.86. The van der Waals surface area contributed by atoms with Crippen molar-refractivity contribution in [3.05, 3.63) is 54.1 Å². The molecule has 3 N–H and O–H groups in total. The molecule has 4 rings (SSSR count). The number of alkyl halides is 3. The van der Waals surface area contributed by atoms with E-state index in [0.717, 1.165) is 48.5 Å². The van der Waals surface area contributed by atoms with E-state index in [0.29, 0.717) is 12.5 Å². The Bertz CT molecular complexity index is 1150. The number of carbonyl (C=O) groups is 1. The van der Waals surface area contributed by atoms with Crippen molar-refractivity contribution in [1.82, 2.24) is 15.3 Å². The van der Waals surface area contributed by atoms with Crippen LogP contribution in [0.5, 0.6) is 5.75 Å². The molecule has 2 aromatic carbocycles. The number of fused-ring (bicyclic) bond motifs is 1. The van der Waals surface area contributed by atoms with Crippen LogP contribution in [0.25, 0.3) is 10.9 Å². The first kappa shape index (κ1) is 26.3. The van der Waals surface area contributed by atoms with Gasteiger partial charge in [-0.3, -0.25) is 4.79 Å². The monoisotopic (exact) mass is 509 g/mol. The highest BCUT2D eigenvalue weighted by molar-refractivity contribution is 5.96. The second-order valence-electron chi connectivity index (χ2n) is 8.28. The number of para-hydroxylation sites is 2. The normalized spacial score (nSPS) is 17.8. The molecule has 1 heterocycles. The lowest BCUT2D eigenvalue weighted by molar-refractivity contribution is -0.274. The Morgan fingerprint density at radius 2 is 1.71 bits per heavy atom. The molecule has 1 amide bonds. The van der Waals surface area contributed by atoms with Crippen LogP contribution in [0.4, 0.5) is 24.9 Å². The van der Waals surface area contributed by atoms with E-state index in [-0.39, 0.29) is 29.9 Å². The van der Waals surface area contributed by atoms with Crippen LogP contribution in [-0.4, -0.2) is 41.9 Å². The Morgan fingerprint density at radius 3 is 2.43 bits per heavy atom. The maximum atomic E-state index is 12.6. The molecule has 0 saturated heterocycles. The van der Waals surface area contributed by atoms with Gasteiger partial charge >= 0.3 is 6.36 Å². The first-order chi connectivity index (χ1) is 16.3. The molecule has 1 aliphatic rings. The van der Waals surface area contributed by atoms with Gasteiger partial charge in [0.05, 0.1) is 11.1 Å². The molecule has 3 aromatic rings. The summed E-state index contributed by atoms with van der Waals surface area (Å²) in [6.07, 6.45) is -1.38. The van der Waals surface area contributed by atoms with Crippen molar-refractivity contribution >= 4 is 41.0 Å². The van der Waals surface area contributed by atoms with E-state index in [1.54, 1.807) is 0 Å². The van der Waals surface area contributed by atoms with E-state index in [2.05, 4.69) is 30.7 Å². The molecule has 0 atom stereocenters. The van der Waals surface area contributed by atoms with Crippen LogP contribution in [0.15, 0.2) is 48.5 Å². The third-order valence-corrected chi connectivity index (χ3v) is 5.93. The summed E-state index contributed by atoms with van der Waals surface area (Å²) in [4.78, 5) is 21.7. The van der Waals surface area contributed by atoms with Gasteiger partial charge in [0, 0.05) is 25.0 Å². The van der Waals surface area contributed by atoms with E-state index in [1.807, 2.05) is 31.3 Å². The number of amides is 1. The minimum Gasteiger partial charge on any atom is -0.405 e. The van der Waals surface area contributed by atoms with Gasteiger partial charge in [-0.1, -0.05) is 24.3 Å². The molecule has 7 nitrogen and oxygen atoms in total. The largest absolute Gasteiger partial charge is 0.573 e. The predicted molar refractivity (Wildman–Crippen MR) is 131 cm³/mol. The summed E-state index contributed by atoms with van der Waals surface area (Å²) in [6, 6.07) is 13.4. The van der Waals surface area contributed by atoms with Crippen molar-refractivity contribution in [1.29, 1.82) is 0 Å². The minimum absolute atomic E-state index is 0. The summed E-state index contributed by atoms with van der Waals surface area (Å²) in [6.45, 7) is 0.391. The highest BCUT2D eigenvalue weighted by Crippen LogP contribution is 2.29. The van der Waals surface area contributed by atoms with Crippen molar-refractivity contribution < 1.29 is 22.7 Å². The average molecular weight is 510 g/mol. The third-order valence-electron chi connectivity index (χ3n) is 5.93. The number of halogens is 4. The van der Waals surface area contributed by atoms with Crippen molar-refractivity contribution in [2.45, 2.75) is 38.1 Å². The fraction of sp³-hybridized carbons (Fsp3) is 0.375. The summed E-state index contributed by atoms with van der Waals surface area (Å²) in [5.74, 6) is 0.490. The average Bonchev–Trinajstić information content (AvgIpc) is 2.82. The molecule has 11 heteroatoms. The Labute approximate surface area is 207 Å². The fourth-order valence-corrected chi connectivity index (χ4v) is 4.23. The first-order valence-corrected chi connectivity index (χ1v) is 11.2. The summed E-state index contributed by atoms with van der Waals surface area (Å²) in [7, 11) is 1.83. The zero-order valence-electron chi connectivity index (χ0n) is 19.1. The van der Waals surface area contributed by atoms with Gasteiger partial charge in [0.2, 0.25) is 5.95 Å². The number of carbonyl (C=O) groups excluding carboxylic acids is 1. The third kappa shape index (κ3) is 6.88. The molecule has 35 heavy (non-hydrogen) atoms. The van der Waals surface area contributed by atoms with Crippen molar-refractivity contribution in [2.24, 2.45) is 5.92 Å². The summed E-state index contributed by atoms with van der Waals surface area (Å²) >= 11 is 0. The van der Waals surface area contributed by atoms with Gasteiger partial charge in [0.15, 0.2) is 0 Å². The van der Waals surface area contributed by atoms with Crippen LogP contribution in [0, 0.1) is 5.92 Å². The van der Waals surface area contributed by atoms with Crippen molar-refractivity contribution in [2.75, 3.05) is 24.2 Å². The van der Waals surface area contributed by atoms with E-state index in [9.17, 15) is 18.0 Å². The highest BCUT2D eigenvalue weighted by Gasteiger charge is 2.33. The Kier molecular flexibility index (Phi) is 8.61. The van der Waals surface area contributed by atoms with E-state index >= 15 is 0 Å². The van der Waals surface area contributed by atoms with Crippen LogP contribution in [0.1, 0.15) is 36.0 Å². The molecule has 188 valence electrons. The van der Waals surface area contributed by atoms with Gasteiger partial charge in [-0.05, 0) is 55.9 Å². The van der Waals surface area contributed by atoms with Crippen molar-refractivity contribution in [3.8, 4) is 5.75 Å². The SMILES string of the molecule is CNc1nc(N[C@H]2CC[C@@H](CNC(=O)c3ccccc3OC(F)(F)F)CC2)nc2ccccc12.Cl. The quantitative estimate of drug-likeness (QED) is 0.395. The van der Waals surface area contributed by atoms with Crippen molar-refractivity contribution in [3.63, 3.8) is 0 Å². The second kappa shape index (κ2) is 11.4. The smallest absolute Gasteiger partial charge is 0.405 e. The van der Waals surface area contributed by atoms with Crippen LogP contribution in [0.2, 0.25) is 0 Å². The molecule has 1 fully saturated rings. The molecular formula is C24H27ClF3N5O2. The predicted octanol–water partition coefficient (Wildman–Crippen LogP) is 5.39. The highest BCUT2D eigenvalue weighted by atomic mass is 35.5. The lowest BCUT2D eigenvalue weighted by Crippen LogP contribution is -2.34. The first-order valence-electron chi connectivity index (χ1n) is 11.2. The molecule has 0 radical (unpaired) electrons. The van der Waals surface area contributed by atoms with Crippen LogP contribution in [0.3, 0.4) is 0 Å². The summed E-state index contributed by atoms with van der Waals surface area (Å²) < 4.78 is 41.8. The number of hydrogen-bond acceptors (Lipinski definition) is 6. The molecule has 0 unspecified atom stereocenters. The molecule has 0 spiro atoms. The summed E-state index contributed by atoms with van der Waals surface area (Å²) in [5, 5.41) is 10.2.